The average molecular weight is 377 g/mol. The lowest BCUT2D eigenvalue weighted by atomic mass is 9.53. The molecule has 2 bridgehead atoms. The molecule has 4 unspecified atom stereocenters. The van der Waals surface area contributed by atoms with E-state index in [1.54, 1.807) is 19.1 Å². The van der Waals surface area contributed by atoms with Gasteiger partial charge in [-0.1, -0.05) is 25.5 Å². The highest BCUT2D eigenvalue weighted by Crippen LogP contribution is 2.67. The third kappa shape index (κ3) is 2.25. The number of hydrogen-bond donors (Lipinski definition) is 1. The third-order valence-corrected chi connectivity index (χ3v) is 6.00. The van der Waals surface area contributed by atoms with Gasteiger partial charge in [-0.25, -0.2) is 0 Å². The molecule has 3 rings (SSSR count). The van der Waals surface area contributed by atoms with Gasteiger partial charge in [-0.15, -0.1) is 0 Å². The molecule has 4 atom stereocenters. The molecule has 1 N–H and O–H groups in total. The fourth-order valence-electron chi connectivity index (χ4n) is 4.56. The molecule has 2 aliphatic heterocycles. The SMILES string of the molecule is CCCC1C2(C)OC(=N)C1(C#N)C(C#N)(C#N)C(c1ccc(N(C)C)cc1)O2. The van der Waals surface area contributed by atoms with Crippen LogP contribution in [0.5, 0.6) is 0 Å². The van der Waals surface area contributed by atoms with Crippen molar-refractivity contribution in [2.24, 2.45) is 16.7 Å². The molecule has 7 nitrogen and oxygen atoms in total. The topological polar surface area (TPSA) is 117 Å². The molecule has 0 amide bonds. The molecule has 0 aromatic heterocycles. The minimum atomic E-state index is -1.89. The Kier molecular flexibility index (Phi) is 4.58. The van der Waals surface area contributed by atoms with Gasteiger partial charge < -0.3 is 14.4 Å². The Hall–Kier alpha value is -3.08. The predicted octanol–water partition coefficient (Wildman–Crippen LogP) is 3.51. The van der Waals surface area contributed by atoms with Gasteiger partial charge in [0.2, 0.25) is 17.1 Å². The van der Waals surface area contributed by atoms with Crippen molar-refractivity contribution in [1.29, 1.82) is 21.2 Å². The third-order valence-electron chi connectivity index (χ3n) is 6.00. The zero-order chi connectivity index (χ0) is 20.7. The smallest absolute Gasteiger partial charge is 0.214 e. The molecule has 1 aromatic rings. The van der Waals surface area contributed by atoms with Crippen LogP contribution in [0.1, 0.15) is 38.4 Å². The normalized spacial score (nSPS) is 32.5. The number of rotatable bonds is 4. The zero-order valence-electron chi connectivity index (χ0n) is 16.5. The molecule has 28 heavy (non-hydrogen) atoms. The Morgan fingerprint density at radius 3 is 2.18 bits per heavy atom. The molecule has 0 saturated carbocycles. The van der Waals surface area contributed by atoms with Gasteiger partial charge in [0.25, 0.3) is 0 Å². The monoisotopic (exact) mass is 377 g/mol. The number of hydrogen-bond acceptors (Lipinski definition) is 7. The molecule has 2 saturated heterocycles. The van der Waals surface area contributed by atoms with Gasteiger partial charge in [-0.05, 0) is 24.1 Å². The van der Waals surface area contributed by atoms with Crippen molar-refractivity contribution in [3.05, 3.63) is 29.8 Å². The van der Waals surface area contributed by atoms with E-state index in [2.05, 4.69) is 18.2 Å². The standard InChI is InChI=1S/C21H23N5O2/c1-5-6-16-19(2)27-17(14-7-9-15(10-8-14)26(3)4)20(11-22,12-23)21(16,13-24)18(25)28-19/h7-10,16-17,25H,5-6H2,1-4H3. The molecule has 2 fully saturated rings. The first-order valence-electron chi connectivity index (χ1n) is 9.23. The summed E-state index contributed by atoms with van der Waals surface area (Å²) in [5.74, 6) is -2.18. The first kappa shape index (κ1) is 19.7. The Morgan fingerprint density at radius 1 is 1.11 bits per heavy atom. The van der Waals surface area contributed by atoms with Crippen molar-refractivity contribution in [3.8, 4) is 18.2 Å². The van der Waals surface area contributed by atoms with Crippen molar-refractivity contribution >= 4 is 11.6 Å². The zero-order valence-corrected chi connectivity index (χ0v) is 16.5. The van der Waals surface area contributed by atoms with Crippen LogP contribution in [0, 0.1) is 56.2 Å². The molecule has 0 radical (unpaired) electrons. The summed E-state index contributed by atoms with van der Waals surface area (Å²) in [7, 11) is 3.83. The van der Waals surface area contributed by atoms with Gasteiger partial charge in [-0.2, -0.15) is 15.8 Å². The van der Waals surface area contributed by atoms with Gasteiger partial charge in [0.05, 0.1) is 24.1 Å². The average Bonchev–Trinajstić information content (AvgIpc) is 2.85. The fourth-order valence-corrected chi connectivity index (χ4v) is 4.56. The molecule has 1 aromatic carbocycles. The van der Waals surface area contributed by atoms with E-state index in [1.807, 2.05) is 38.1 Å². The summed E-state index contributed by atoms with van der Waals surface area (Å²) >= 11 is 0. The van der Waals surface area contributed by atoms with Gasteiger partial charge in [-0.3, -0.25) is 5.41 Å². The van der Waals surface area contributed by atoms with Gasteiger partial charge in [0.15, 0.2) is 5.41 Å². The van der Waals surface area contributed by atoms with Gasteiger partial charge in [0.1, 0.15) is 6.10 Å². The van der Waals surface area contributed by atoms with Crippen LogP contribution in [0.2, 0.25) is 0 Å². The van der Waals surface area contributed by atoms with E-state index < -0.39 is 28.6 Å². The summed E-state index contributed by atoms with van der Waals surface area (Å²) in [5.41, 5.74) is -2.03. The Morgan fingerprint density at radius 2 is 1.71 bits per heavy atom. The highest BCUT2D eigenvalue weighted by Gasteiger charge is 2.78. The summed E-state index contributed by atoms with van der Waals surface area (Å²) < 4.78 is 12.0. The van der Waals surface area contributed by atoms with Crippen LogP contribution in [-0.4, -0.2) is 25.8 Å². The minimum Gasteiger partial charge on any atom is -0.448 e. The van der Waals surface area contributed by atoms with Crippen LogP contribution in [0.4, 0.5) is 5.69 Å². The second kappa shape index (κ2) is 6.51. The highest BCUT2D eigenvalue weighted by molar-refractivity contribution is 5.89. The molecular weight excluding hydrogens is 354 g/mol. The maximum absolute atomic E-state index is 10.2. The Balaban J connectivity index is 2.24. The Bertz CT molecular complexity index is 906. The molecule has 7 heteroatoms. The highest BCUT2D eigenvalue weighted by atomic mass is 16.7. The van der Waals surface area contributed by atoms with Gasteiger partial charge in [0, 0.05) is 26.7 Å². The van der Waals surface area contributed by atoms with Crippen LogP contribution < -0.4 is 4.90 Å². The van der Waals surface area contributed by atoms with Crippen molar-refractivity contribution in [2.45, 2.75) is 38.6 Å². The first-order chi connectivity index (χ1) is 13.3. The van der Waals surface area contributed by atoms with Crippen LogP contribution in [0.15, 0.2) is 24.3 Å². The fraction of sp³-hybridized carbons (Fsp3) is 0.524. The quantitative estimate of drug-likeness (QED) is 0.858. The van der Waals surface area contributed by atoms with Crippen LogP contribution in [0.3, 0.4) is 0 Å². The van der Waals surface area contributed by atoms with Crippen LogP contribution >= 0.6 is 0 Å². The van der Waals surface area contributed by atoms with Crippen LogP contribution in [-0.2, 0) is 9.47 Å². The van der Waals surface area contributed by atoms with E-state index in [4.69, 9.17) is 14.9 Å². The number of anilines is 1. The number of nitriles is 3. The summed E-state index contributed by atoms with van der Waals surface area (Å²) in [4.78, 5) is 1.94. The van der Waals surface area contributed by atoms with E-state index >= 15 is 0 Å². The second-order valence-corrected chi connectivity index (χ2v) is 7.72. The van der Waals surface area contributed by atoms with Crippen molar-refractivity contribution in [1.82, 2.24) is 0 Å². The van der Waals surface area contributed by atoms with Crippen molar-refractivity contribution in [3.63, 3.8) is 0 Å². The lowest BCUT2D eigenvalue weighted by molar-refractivity contribution is -0.273. The van der Waals surface area contributed by atoms with Crippen LogP contribution in [0.25, 0.3) is 0 Å². The summed E-state index contributed by atoms with van der Waals surface area (Å²) in [6, 6.07) is 13.6. The van der Waals surface area contributed by atoms with E-state index in [0.717, 1.165) is 5.69 Å². The van der Waals surface area contributed by atoms with E-state index in [-0.39, 0.29) is 5.90 Å². The largest absolute Gasteiger partial charge is 0.448 e. The van der Waals surface area contributed by atoms with E-state index in [0.29, 0.717) is 18.4 Å². The Labute approximate surface area is 165 Å². The van der Waals surface area contributed by atoms with E-state index in [9.17, 15) is 15.8 Å². The molecule has 0 aliphatic carbocycles. The summed E-state index contributed by atoms with van der Waals surface area (Å²) in [6.07, 6.45) is 0.196. The number of nitrogens with zero attached hydrogens (tertiary/aromatic N) is 4. The number of ether oxygens (including phenoxy) is 2. The van der Waals surface area contributed by atoms with E-state index in [1.165, 1.54) is 0 Å². The molecule has 0 spiro atoms. The summed E-state index contributed by atoms with van der Waals surface area (Å²) in [6.45, 7) is 3.64. The second-order valence-electron chi connectivity index (χ2n) is 7.72. The molecule has 144 valence electrons. The summed E-state index contributed by atoms with van der Waals surface area (Å²) in [5, 5.41) is 38.9. The number of benzene rings is 1. The number of fused-ring (bicyclic) bond motifs is 2. The maximum atomic E-state index is 10.2. The number of nitrogens with one attached hydrogen (secondary N) is 1. The minimum absolute atomic E-state index is 0.355. The van der Waals surface area contributed by atoms with Gasteiger partial charge >= 0.3 is 0 Å². The molecule has 2 heterocycles. The maximum Gasteiger partial charge on any atom is 0.214 e. The predicted molar refractivity (Wildman–Crippen MR) is 102 cm³/mol. The molecule has 2 aliphatic rings. The molecular formula is C21H23N5O2. The lowest BCUT2D eigenvalue weighted by Crippen LogP contribution is -2.58. The van der Waals surface area contributed by atoms with Crippen molar-refractivity contribution in [2.75, 3.05) is 19.0 Å². The first-order valence-corrected chi connectivity index (χ1v) is 9.23. The lowest BCUT2D eigenvalue weighted by Gasteiger charge is -2.48. The van der Waals surface area contributed by atoms with Crippen molar-refractivity contribution < 1.29 is 9.47 Å².